The van der Waals surface area contributed by atoms with Gasteiger partial charge in [0.2, 0.25) is 0 Å². The van der Waals surface area contributed by atoms with E-state index >= 15 is 0 Å². The first-order chi connectivity index (χ1) is 7.05. The molecule has 0 atom stereocenters. The van der Waals surface area contributed by atoms with E-state index in [2.05, 4.69) is 74.7 Å². The van der Waals surface area contributed by atoms with E-state index in [0.717, 1.165) is 0 Å². The van der Waals surface area contributed by atoms with E-state index in [9.17, 15) is 0 Å². The molecule has 0 fully saturated rings. The number of rotatable bonds is 2. The molecule has 1 aliphatic heterocycles. The van der Waals surface area contributed by atoms with Gasteiger partial charge >= 0.3 is 0 Å². The Hall–Kier alpha value is -0.486. The van der Waals surface area contributed by atoms with E-state index in [0.29, 0.717) is 0 Å². The summed E-state index contributed by atoms with van der Waals surface area (Å²) >= 11 is 0. The molecule has 0 N–H and O–H groups in total. The van der Waals surface area contributed by atoms with Crippen LogP contribution in [0.2, 0.25) is 39.3 Å². The second-order valence-electron chi connectivity index (χ2n) is 6.55. The molecule has 0 amide bonds. The van der Waals surface area contributed by atoms with Gasteiger partial charge in [-0.3, -0.25) is 0 Å². The van der Waals surface area contributed by atoms with Crippen molar-refractivity contribution in [1.82, 2.24) is 9.13 Å². The van der Waals surface area contributed by atoms with Crippen LogP contribution in [0.3, 0.4) is 0 Å². The van der Waals surface area contributed by atoms with Gasteiger partial charge in [0.15, 0.2) is 16.5 Å². The van der Waals surface area contributed by atoms with Crippen LogP contribution in [0.4, 0.5) is 0 Å². The highest BCUT2D eigenvalue weighted by atomic mass is 28.3. The first-order valence-electron chi connectivity index (χ1n) is 5.99. The van der Waals surface area contributed by atoms with Crippen LogP contribution >= 0.6 is 0 Å². The Bertz CT molecular complexity index is 300. The Morgan fingerprint density at radius 2 is 0.938 bits per heavy atom. The van der Waals surface area contributed by atoms with Gasteiger partial charge in [-0.15, -0.1) is 0 Å². The van der Waals surface area contributed by atoms with Gasteiger partial charge in [0.05, 0.1) is 0 Å². The zero-order valence-electron chi connectivity index (χ0n) is 12.0. The smallest absolute Gasteiger partial charge is 0.152 e. The van der Waals surface area contributed by atoms with Crippen LogP contribution in [0.5, 0.6) is 0 Å². The summed E-state index contributed by atoms with van der Waals surface area (Å²) in [7, 11) is -2.55. The number of hydrogen-bond donors (Lipinski definition) is 0. The summed E-state index contributed by atoms with van der Waals surface area (Å²) in [5.74, 6) is 0. The van der Waals surface area contributed by atoms with Gasteiger partial charge < -0.3 is 9.13 Å². The Labute approximate surface area is 103 Å². The zero-order valence-corrected chi connectivity index (χ0v) is 14.0. The maximum absolute atomic E-state index is 2.50. The van der Waals surface area contributed by atoms with Gasteiger partial charge in [0.1, 0.15) is 0 Å². The van der Waals surface area contributed by atoms with Crippen molar-refractivity contribution in [3.8, 4) is 0 Å². The Morgan fingerprint density at radius 3 is 1.12 bits per heavy atom. The van der Waals surface area contributed by atoms with Crippen molar-refractivity contribution in [2.45, 2.75) is 53.1 Å². The minimum atomic E-state index is -1.27. The summed E-state index contributed by atoms with van der Waals surface area (Å²) in [5.41, 5.74) is 2.87. The van der Waals surface area contributed by atoms with Gasteiger partial charge in [0, 0.05) is 23.8 Å². The highest BCUT2D eigenvalue weighted by Gasteiger charge is 2.31. The van der Waals surface area contributed by atoms with E-state index in [1.54, 1.807) is 0 Å². The van der Waals surface area contributed by atoms with Crippen LogP contribution in [0.1, 0.15) is 13.8 Å². The van der Waals surface area contributed by atoms with Gasteiger partial charge in [-0.25, -0.2) is 0 Å². The molecule has 92 valence electrons. The molecule has 0 aliphatic carbocycles. The van der Waals surface area contributed by atoms with Crippen LogP contribution in [-0.2, 0) is 0 Å². The lowest BCUT2D eigenvalue weighted by molar-refractivity contribution is 0.557. The minimum Gasteiger partial charge on any atom is -0.376 e. The van der Waals surface area contributed by atoms with Crippen molar-refractivity contribution in [3.05, 3.63) is 23.8 Å². The van der Waals surface area contributed by atoms with Crippen molar-refractivity contribution in [2.24, 2.45) is 0 Å². The lowest BCUT2D eigenvalue weighted by Crippen LogP contribution is -2.48. The quantitative estimate of drug-likeness (QED) is 0.687. The largest absolute Gasteiger partial charge is 0.376 e. The van der Waals surface area contributed by atoms with Crippen molar-refractivity contribution >= 4 is 16.5 Å². The summed E-state index contributed by atoms with van der Waals surface area (Å²) in [5, 5.41) is 0. The molecule has 4 heteroatoms. The van der Waals surface area contributed by atoms with E-state index < -0.39 is 16.5 Å². The highest BCUT2D eigenvalue weighted by Crippen LogP contribution is 2.29. The topological polar surface area (TPSA) is 6.48 Å². The predicted molar refractivity (Wildman–Crippen MR) is 77.9 cm³/mol. The van der Waals surface area contributed by atoms with Crippen LogP contribution in [-0.4, -0.2) is 25.6 Å². The molecule has 0 spiro atoms. The summed E-state index contributed by atoms with van der Waals surface area (Å²) in [6.07, 6.45) is 4.57. The molecule has 1 aliphatic rings. The van der Waals surface area contributed by atoms with Crippen molar-refractivity contribution in [1.29, 1.82) is 0 Å². The molecule has 0 saturated heterocycles. The lowest BCUT2D eigenvalue weighted by Gasteiger charge is -2.44. The molecule has 0 unspecified atom stereocenters. The van der Waals surface area contributed by atoms with Crippen molar-refractivity contribution in [3.63, 3.8) is 0 Å². The standard InChI is InChI=1S/C12H26N2Si2/c1-11-12(2)14(16(6,7)8)10-9-13(11)15(3,4)5/h9-10H,1-8H3. The first kappa shape index (κ1) is 13.6. The highest BCUT2D eigenvalue weighted by molar-refractivity contribution is 6.75. The van der Waals surface area contributed by atoms with E-state index in [1.165, 1.54) is 11.4 Å². The third kappa shape index (κ3) is 2.60. The molecule has 0 aromatic heterocycles. The lowest BCUT2D eigenvalue weighted by atomic mass is 10.3. The second-order valence-corrected chi connectivity index (χ2v) is 16.2. The number of hydrogen-bond acceptors (Lipinski definition) is 2. The fraction of sp³-hybridized carbons (Fsp3) is 0.667. The Balaban J connectivity index is 3.08. The minimum absolute atomic E-state index is 1.27. The Kier molecular flexibility index (Phi) is 3.46. The van der Waals surface area contributed by atoms with Crippen LogP contribution in [0, 0.1) is 0 Å². The molecular formula is C12H26N2Si2. The molecule has 0 aromatic rings. The molecule has 0 bridgehead atoms. The molecule has 16 heavy (non-hydrogen) atoms. The Morgan fingerprint density at radius 1 is 0.688 bits per heavy atom. The summed E-state index contributed by atoms with van der Waals surface area (Å²) < 4.78 is 5.00. The third-order valence-electron chi connectivity index (χ3n) is 3.06. The van der Waals surface area contributed by atoms with Gasteiger partial charge in [-0.05, 0) is 13.8 Å². The molecule has 2 nitrogen and oxygen atoms in total. The molecule has 1 heterocycles. The third-order valence-corrected chi connectivity index (χ3v) is 6.92. The molecule has 0 radical (unpaired) electrons. The summed E-state index contributed by atoms with van der Waals surface area (Å²) in [6, 6.07) is 0. The van der Waals surface area contributed by atoms with Gasteiger partial charge in [0.25, 0.3) is 0 Å². The van der Waals surface area contributed by atoms with Crippen LogP contribution in [0.25, 0.3) is 0 Å². The second kappa shape index (κ2) is 4.07. The maximum Gasteiger partial charge on any atom is 0.152 e. The zero-order chi connectivity index (χ0) is 12.7. The molecule has 1 rings (SSSR count). The van der Waals surface area contributed by atoms with E-state index in [-0.39, 0.29) is 0 Å². The molecule has 0 aromatic carbocycles. The predicted octanol–water partition coefficient (Wildman–Crippen LogP) is 4.00. The fourth-order valence-electron chi connectivity index (χ4n) is 2.16. The summed E-state index contributed by atoms with van der Waals surface area (Å²) in [6.45, 7) is 18.8. The summed E-state index contributed by atoms with van der Waals surface area (Å²) in [4.78, 5) is 0. The molecule has 0 saturated carbocycles. The fourth-order valence-corrected chi connectivity index (χ4v) is 5.52. The number of nitrogens with zero attached hydrogens (tertiary/aromatic N) is 2. The average Bonchev–Trinajstić information content (AvgIpc) is 2.05. The van der Waals surface area contributed by atoms with Crippen molar-refractivity contribution < 1.29 is 0 Å². The normalized spacial score (nSPS) is 18.5. The van der Waals surface area contributed by atoms with Crippen LogP contribution in [0.15, 0.2) is 23.8 Å². The number of allylic oxidation sites excluding steroid dienone is 2. The average molecular weight is 255 g/mol. The molecular weight excluding hydrogens is 228 g/mol. The van der Waals surface area contributed by atoms with Gasteiger partial charge in [-0.2, -0.15) is 0 Å². The van der Waals surface area contributed by atoms with Crippen LogP contribution < -0.4 is 0 Å². The van der Waals surface area contributed by atoms with E-state index in [4.69, 9.17) is 0 Å². The van der Waals surface area contributed by atoms with Crippen molar-refractivity contribution in [2.75, 3.05) is 0 Å². The maximum atomic E-state index is 2.50. The van der Waals surface area contributed by atoms with Gasteiger partial charge in [-0.1, -0.05) is 39.3 Å². The first-order valence-corrected chi connectivity index (χ1v) is 12.9. The SMILES string of the molecule is CC1=C(C)N([Si](C)(C)C)C=CN1[Si](C)(C)C. The monoisotopic (exact) mass is 254 g/mol. The van der Waals surface area contributed by atoms with E-state index in [1.807, 2.05) is 0 Å².